The lowest BCUT2D eigenvalue weighted by atomic mass is 10.1. The Morgan fingerprint density at radius 3 is 2.22 bits per heavy atom. The normalized spacial score (nSPS) is 11.5. The molecule has 0 aliphatic heterocycles. The smallest absolute Gasteiger partial charge is 0.251 e. The van der Waals surface area contributed by atoms with Crippen molar-refractivity contribution in [1.29, 1.82) is 0 Å². The second-order valence-corrected chi connectivity index (χ2v) is 6.24. The zero-order chi connectivity index (χ0) is 19.9. The summed E-state index contributed by atoms with van der Waals surface area (Å²) in [5.74, 6) is -0.974. The van der Waals surface area contributed by atoms with Gasteiger partial charge in [0.25, 0.3) is 5.91 Å². The van der Waals surface area contributed by atoms with E-state index in [0.717, 1.165) is 25.7 Å². The standard InChI is InChI=1S/C19H31N5O3/c20-11-5-4-10-16(19(27)22-13-7-6-12-21)24-17(25)14-23-18(26)15-8-2-1-3-9-15/h1-3,8-9,16H,4-7,10-14,20-21H2,(H,22,27)(H,23,26)(H,24,25). The molecule has 27 heavy (non-hydrogen) atoms. The molecule has 0 fully saturated rings. The highest BCUT2D eigenvalue weighted by Gasteiger charge is 2.20. The van der Waals surface area contributed by atoms with Crippen LogP contribution in [-0.4, -0.2) is 49.9 Å². The molecule has 0 radical (unpaired) electrons. The molecule has 150 valence electrons. The number of hydrogen-bond acceptors (Lipinski definition) is 5. The minimum absolute atomic E-state index is 0.193. The summed E-state index contributed by atoms with van der Waals surface area (Å²) in [7, 11) is 0. The number of nitrogens with two attached hydrogens (primary N) is 2. The lowest BCUT2D eigenvalue weighted by molar-refractivity contribution is -0.128. The Bertz CT molecular complexity index is 580. The fraction of sp³-hybridized carbons (Fsp3) is 0.526. The van der Waals surface area contributed by atoms with Gasteiger partial charge in [0.2, 0.25) is 11.8 Å². The first-order chi connectivity index (χ1) is 13.1. The summed E-state index contributed by atoms with van der Waals surface area (Å²) in [6.07, 6.45) is 3.62. The summed E-state index contributed by atoms with van der Waals surface area (Å²) in [4.78, 5) is 36.5. The first kappa shape index (κ1) is 22.6. The molecule has 0 aliphatic carbocycles. The lowest BCUT2D eigenvalue weighted by Crippen LogP contribution is -2.49. The van der Waals surface area contributed by atoms with Crippen LogP contribution in [0.1, 0.15) is 42.5 Å². The summed E-state index contributed by atoms with van der Waals surface area (Å²) < 4.78 is 0. The van der Waals surface area contributed by atoms with Gasteiger partial charge in [-0.15, -0.1) is 0 Å². The number of hydrogen-bond donors (Lipinski definition) is 5. The van der Waals surface area contributed by atoms with Crippen LogP contribution in [0.3, 0.4) is 0 Å². The topological polar surface area (TPSA) is 139 Å². The molecule has 0 saturated carbocycles. The van der Waals surface area contributed by atoms with Crippen molar-refractivity contribution in [2.24, 2.45) is 11.5 Å². The minimum Gasteiger partial charge on any atom is -0.354 e. The number of nitrogens with one attached hydrogen (secondary N) is 3. The average molecular weight is 377 g/mol. The van der Waals surface area contributed by atoms with Crippen molar-refractivity contribution in [3.05, 3.63) is 35.9 Å². The van der Waals surface area contributed by atoms with Crippen LogP contribution >= 0.6 is 0 Å². The number of benzene rings is 1. The fourth-order valence-electron chi connectivity index (χ4n) is 2.46. The largest absolute Gasteiger partial charge is 0.354 e. The van der Waals surface area contributed by atoms with E-state index in [2.05, 4.69) is 16.0 Å². The summed E-state index contributed by atoms with van der Waals surface area (Å²) in [6.45, 7) is 1.44. The van der Waals surface area contributed by atoms with E-state index in [4.69, 9.17) is 11.5 Å². The molecule has 1 rings (SSSR count). The lowest BCUT2D eigenvalue weighted by Gasteiger charge is -2.18. The molecule has 0 aromatic heterocycles. The molecular weight excluding hydrogens is 346 g/mol. The van der Waals surface area contributed by atoms with Crippen LogP contribution in [0.25, 0.3) is 0 Å². The predicted molar refractivity (Wildman–Crippen MR) is 105 cm³/mol. The number of unbranched alkanes of at least 4 members (excludes halogenated alkanes) is 2. The maximum absolute atomic E-state index is 12.3. The molecule has 3 amide bonds. The number of carbonyl (C=O) groups excluding carboxylic acids is 3. The highest BCUT2D eigenvalue weighted by Crippen LogP contribution is 2.02. The molecule has 0 saturated heterocycles. The molecule has 1 aromatic rings. The third-order valence-electron chi connectivity index (χ3n) is 3.97. The molecule has 0 bridgehead atoms. The Balaban J connectivity index is 2.48. The van der Waals surface area contributed by atoms with Gasteiger partial charge in [0, 0.05) is 12.1 Å². The van der Waals surface area contributed by atoms with Gasteiger partial charge in [-0.3, -0.25) is 14.4 Å². The Morgan fingerprint density at radius 2 is 1.56 bits per heavy atom. The monoisotopic (exact) mass is 377 g/mol. The Morgan fingerprint density at radius 1 is 0.889 bits per heavy atom. The number of rotatable bonds is 13. The highest BCUT2D eigenvalue weighted by atomic mass is 16.2. The summed E-state index contributed by atoms with van der Waals surface area (Å²) >= 11 is 0. The molecule has 1 unspecified atom stereocenters. The van der Waals surface area contributed by atoms with Crippen LogP contribution in [0.5, 0.6) is 0 Å². The molecular formula is C19H31N5O3. The van der Waals surface area contributed by atoms with Gasteiger partial charge in [0.05, 0.1) is 6.54 Å². The maximum atomic E-state index is 12.3. The van der Waals surface area contributed by atoms with E-state index in [9.17, 15) is 14.4 Å². The first-order valence-electron chi connectivity index (χ1n) is 9.39. The van der Waals surface area contributed by atoms with Crippen LogP contribution in [0.2, 0.25) is 0 Å². The molecule has 1 aromatic carbocycles. The summed E-state index contributed by atoms with van der Waals surface area (Å²) in [6, 6.07) is 7.99. The number of amides is 3. The van der Waals surface area contributed by atoms with E-state index >= 15 is 0 Å². The van der Waals surface area contributed by atoms with Crippen molar-refractivity contribution in [2.75, 3.05) is 26.2 Å². The van der Waals surface area contributed by atoms with Crippen molar-refractivity contribution in [3.8, 4) is 0 Å². The van der Waals surface area contributed by atoms with Crippen molar-refractivity contribution in [2.45, 2.75) is 38.1 Å². The van der Waals surface area contributed by atoms with E-state index in [-0.39, 0.29) is 18.4 Å². The van der Waals surface area contributed by atoms with E-state index in [1.807, 2.05) is 6.07 Å². The third kappa shape index (κ3) is 9.72. The van der Waals surface area contributed by atoms with Gasteiger partial charge in [0.15, 0.2) is 0 Å². The molecule has 7 N–H and O–H groups in total. The van der Waals surface area contributed by atoms with Gasteiger partial charge in [-0.1, -0.05) is 18.2 Å². The second-order valence-electron chi connectivity index (χ2n) is 6.24. The third-order valence-corrected chi connectivity index (χ3v) is 3.97. The van der Waals surface area contributed by atoms with Gasteiger partial charge in [-0.2, -0.15) is 0 Å². The zero-order valence-corrected chi connectivity index (χ0v) is 15.7. The van der Waals surface area contributed by atoms with Crippen molar-refractivity contribution in [3.63, 3.8) is 0 Å². The van der Waals surface area contributed by atoms with Crippen LogP contribution in [0.15, 0.2) is 30.3 Å². The predicted octanol–water partition coefficient (Wildman–Crippen LogP) is -0.115. The van der Waals surface area contributed by atoms with Gasteiger partial charge >= 0.3 is 0 Å². The molecule has 0 spiro atoms. The quantitative estimate of drug-likeness (QED) is 0.305. The molecule has 1 atom stereocenters. The average Bonchev–Trinajstić information content (AvgIpc) is 2.69. The minimum atomic E-state index is -0.643. The summed E-state index contributed by atoms with van der Waals surface area (Å²) in [5, 5.41) is 8.06. The van der Waals surface area contributed by atoms with Crippen LogP contribution < -0.4 is 27.4 Å². The Hall–Kier alpha value is -2.45. The van der Waals surface area contributed by atoms with E-state index in [1.165, 1.54) is 0 Å². The Labute approximate surface area is 160 Å². The molecule has 0 heterocycles. The van der Waals surface area contributed by atoms with E-state index in [0.29, 0.717) is 31.6 Å². The summed E-state index contributed by atoms with van der Waals surface area (Å²) in [5.41, 5.74) is 11.4. The highest BCUT2D eigenvalue weighted by molar-refractivity contribution is 5.97. The fourth-order valence-corrected chi connectivity index (χ4v) is 2.46. The number of carbonyl (C=O) groups is 3. The van der Waals surface area contributed by atoms with E-state index in [1.54, 1.807) is 24.3 Å². The maximum Gasteiger partial charge on any atom is 0.251 e. The molecule has 8 heteroatoms. The van der Waals surface area contributed by atoms with Gasteiger partial charge < -0.3 is 27.4 Å². The first-order valence-corrected chi connectivity index (χ1v) is 9.39. The van der Waals surface area contributed by atoms with Crippen molar-refractivity contribution in [1.82, 2.24) is 16.0 Å². The van der Waals surface area contributed by atoms with Gasteiger partial charge in [0.1, 0.15) is 6.04 Å². The second kappa shape index (κ2) is 13.7. The van der Waals surface area contributed by atoms with Crippen LogP contribution in [0, 0.1) is 0 Å². The molecule has 0 aliphatic rings. The Kier molecular flexibility index (Phi) is 11.5. The van der Waals surface area contributed by atoms with E-state index < -0.39 is 11.9 Å². The van der Waals surface area contributed by atoms with Crippen molar-refractivity contribution < 1.29 is 14.4 Å². The van der Waals surface area contributed by atoms with Crippen LogP contribution in [-0.2, 0) is 9.59 Å². The van der Waals surface area contributed by atoms with Gasteiger partial charge in [-0.05, 0) is 57.3 Å². The van der Waals surface area contributed by atoms with Crippen molar-refractivity contribution >= 4 is 17.7 Å². The zero-order valence-electron chi connectivity index (χ0n) is 15.7. The van der Waals surface area contributed by atoms with Crippen LogP contribution in [0.4, 0.5) is 0 Å². The molecule has 8 nitrogen and oxygen atoms in total. The van der Waals surface area contributed by atoms with Gasteiger partial charge in [-0.25, -0.2) is 0 Å². The SMILES string of the molecule is NCCCCNC(=O)C(CCCCN)NC(=O)CNC(=O)c1ccccc1.